The summed E-state index contributed by atoms with van der Waals surface area (Å²) in [6.45, 7) is 0. The molecule has 0 aromatic heterocycles. The summed E-state index contributed by atoms with van der Waals surface area (Å²) in [5, 5.41) is 14.6. The lowest BCUT2D eigenvalue weighted by Crippen LogP contribution is -1.99. The van der Waals surface area contributed by atoms with Gasteiger partial charge in [-0.3, -0.25) is 0 Å². The van der Waals surface area contributed by atoms with Gasteiger partial charge in [0.2, 0.25) is 0 Å². The standard InChI is InChI=1S/C17H13N3/c18-11-13-7-4-10-16(17(13)19)20-15-9-3-6-12-5-1-2-8-14(12)15/h1-10,20H,19H2. The fourth-order valence-corrected chi connectivity index (χ4v) is 2.25. The Labute approximate surface area is 117 Å². The van der Waals surface area contributed by atoms with Crippen molar-refractivity contribution < 1.29 is 0 Å². The number of nitrogen functional groups attached to an aromatic ring is 1. The van der Waals surface area contributed by atoms with Crippen LogP contribution in [0.1, 0.15) is 5.56 Å². The van der Waals surface area contributed by atoms with Crippen LogP contribution in [0.3, 0.4) is 0 Å². The van der Waals surface area contributed by atoms with Crippen LogP contribution < -0.4 is 11.1 Å². The number of hydrogen-bond donors (Lipinski definition) is 2. The highest BCUT2D eigenvalue weighted by molar-refractivity contribution is 5.96. The minimum Gasteiger partial charge on any atom is -0.396 e. The number of rotatable bonds is 2. The lowest BCUT2D eigenvalue weighted by atomic mass is 10.1. The maximum Gasteiger partial charge on any atom is 0.101 e. The van der Waals surface area contributed by atoms with E-state index in [-0.39, 0.29) is 0 Å². The molecular formula is C17H13N3. The van der Waals surface area contributed by atoms with Crippen molar-refractivity contribution in [2.45, 2.75) is 0 Å². The lowest BCUT2D eigenvalue weighted by molar-refractivity contribution is 1.47. The average molecular weight is 259 g/mol. The summed E-state index contributed by atoms with van der Waals surface area (Å²) in [6, 6.07) is 21.7. The van der Waals surface area contributed by atoms with Gasteiger partial charge in [0.05, 0.1) is 16.9 Å². The highest BCUT2D eigenvalue weighted by Crippen LogP contribution is 2.30. The molecule has 0 saturated carbocycles. The summed E-state index contributed by atoms with van der Waals surface area (Å²) in [6.07, 6.45) is 0. The first-order valence-electron chi connectivity index (χ1n) is 6.33. The van der Waals surface area contributed by atoms with Crippen LogP contribution in [0.15, 0.2) is 60.7 Å². The van der Waals surface area contributed by atoms with Gasteiger partial charge in [-0.25, -0.2) is 0 Å². The third-order valence-electron chi connectivity index (χ3n) is 3.29. The number of para-hydroxylation sites is 1. The van der Waals surface area contributed by atoms with Crippen LogP contribution in [0.4, 0.5) is 17.1 Å². The quantitative estimate of drug-likeness (QED) is 0.683. The molecule has 3 heteroatoms. The Morgan fingerprint density at radius 1 is 0.850 bits per heavy atom. The Balaban J connectivity index is 2.09. The van der Waals surface area contributed by atoms with Gasteiger partial charge in [-0.1, -0.05) is 42.5 Å². The average Bonchev–Trinajstić information content (AvgIpc) is 2.50. The second-order valence-electron chi connectivity index (χ2n) is 4.53. The molecule has 0 heterocycles. The summed E-state index contributed by atoms with van der Waals surface area (Å²) in [7, 11) is 0. The fraction of sp³-hybridized carbons (Fsp3) is 0. The molecule has 0 atom stereocenters. The summed E-state index contributed by atoms with van der Waals surface area (Å²) >= 11 is 0. The number of nitriles is 1. The van der Waals surface area contributed by atoms with E-state index in [9.17, 15) is 0 Å². The molecule has 3 rings (SSSR count). The van der Waals surface area contributed by atoms with Crippen molar-refractivity contribution in [3.8, 4) is 6.07 Å². The molecule has 20 heavy (non-hydrogen) atoms. The highest BCUT2D eigenvalue weighted by atomic mass is 14.9. The Morgan fingerprint density at radius 2 is 1.55 bits per heavy atom. The molecule has 0 amide bonds. The normalized spacial score (nSPS) is 10.2. The fourth-order valence-electron chi connectivity index (χ4n) is 2.25. The SMILES string of the molecule is N#Cc1cccc(Nc2cccc3ccccc23)c1N. The van der Waals surface area contributed by atoms with Gasteiger partial charge in [0, 0.05) is 11.1 Å². The molecule has 3 nitrogen and oxygen atoms in total. The van der Waals surface area contributed by atoms with Crippen LogP contribution in [0.5, 0.6) is 0 Å². The van der Waals surface area contributed by atoms with E-state index in [4.69, 9.17) is 11.0 Å². The van der Waals surface area contributed by atoms with E-state index in [0.29, 0.717) is 11.3 Å². The molecule has 96 valence electrons. The number of anilines is 3. The Bertz CT molecular complexity index is 811. The van der Waals surface area contributed by atoms with E-state index < -0.39 is 0 Å². The lowest BCUT2D eigenvalue weighted by Gasteiger charge is -2.12. The second kappa shape index (κ2) is 4.94. The van der Waals surface area contributed by atoms with E-state index in [0.717, 1.165) is 22.1 Å². The van der Waals surface area contributed by atoms with E-state index in [1.807, 2.05) is 36.4 Å². The summed E-state index contributed by atoms with van der Waals surface area (Å²) in [5.41, 5.74) is 8.68. The van der Waals surface area contributed by atoms with Crippen molar-refractivity contribution >= 4 is 27.8 Å². The van der Waals surface area contributed by atoms with Gasteiger partial charge in [-0.05, 0) is 23.6 Å². The first kappa shape index (κ1) is 12.1. The van der Waals surface area contributed by atoms with Gasteiger partial charge in [-0.15, -0.1) is 0 Å². The van der Waals surface area contributed by atoms with E-state index in [2.05, 4.69) is 29.6 Å². The summed E-state index contributed by atoms with van der Waals surface area (Å²) in [5.74, 6) is 0. The van der Waals surface area contributed by atoms with Crippen molar-refractivity contribution in [1.29, 1.82) is 5.26 Å². The molecule has 3 aromatic rings. The number of fused-ring (bicyclic) bond motifs is 1. The molecule has 0 aliphatic heterocycles. The van der Waals surface area contributed by atoms with Crippen molar-refractivity contribution in [2.75, 3.05) is 11.1 Å². The molecule has 0 fully saturated rings. The molecule has 0 radical (unpaired) electrons. The molecule has 0 saturated heterocycles. The molecule has 0 bridgehead atoms. The van der Waals surface area contributed by atoms with Gasteiger partial charge in [0.1, 0.15) is 6.07 Å². The number of nitrogens with two attached hydrogens (primary N) is 1. The molecule has 3 aromatic carbocycles. The minimum absolute atomic E-state index is 0.475. The maximum atomic E-state index is 9.02. The van der Waals surface area contributed by atoms with Crippen LogP contribution in [-0.2, 0) is 0 Å². The summed E-state index contributed by atoms with van der Waals surface area (Å²) < 4.78 is 0. The van der Waals surface area contributed by atoms with Gasteiger partial charge in [0.15, 0.2) is 0 Å². The van der Waals surface area contributed by atoms with Gasteiger partial charge < -0.3 is 11.1 Å². The number of nitrogens with one attached hydrogen (secondary N) is 1. The number of hydrogen-bond acceptors (Lipinski definition) is 3. The van der Waals surface area contributed by atoms with E-state index in [1.54, 1.807) is 6.07 Å². The zero-order valence-corrected chi connectivity index (χ0v) is 10.8. The van der Waals surface area contributed by atoms with Gasteiger partial charge in [0.25, 0.3) is 0 Å². The number of benzene rings is 3. The smallest absolute Gasteiger partial charge is 0.101 e. The van der Waals surface area contributed by atoms with E-state index in [1.165, 1.54) is 0 Å². The predicted octanol–water partition coefficient (Wildman–Crippen LogP) is 4.04. The molecule has 3 N–H and O–H groups in total. The highest BCUT2D eigenvalue weighted by Gasteiger charge is 2.06. The zero-order valence-electron chi connectivity index (χ0n) is 10.8. The molecule has 0 spiro atoms. The Hall–Kier alpha value is -2.99. The van der Waals surface area contributed by atoms with Crippen molar-refractivity contribution in [3.63, 3.8) is 0 Å². The van der Waals surface area contributed by atoms with Crippen LogP contribution in [0.2, 0.25) is 0 Å². The summed E-state index contributed by atoms with van der Waals surface area (Å²) in [4.78, 5) is 0. The first-order chi connectivity index (χ1) is 9.79. The third-order valence-corrected chi connectivity index (χ3v) is 3.29. The zero-order chi connectivity index (χ0) is 13.9. The number of nitrogens with zero attached hydrogens (tertiary/aromatic N) is 1. The maximum absolute atomic E-state index is 9.02. The monoisotopic (exact) mass is 259 g/mol. The predicted molar refractivity (Wildman–Crippen MR) is 82.8 cm³/mol. The van der Waals surface area contributed by atoms with Crippen molar-refractivity contribution in [1.82, 2.24) is 0 Å². The molecule has 0 unspecified atom stereocenters. The Morgan fingerprint density at radius 3 is 2.40 bits per heavy atom. The topological polar surface area (TPSA) is 61.8 Å². The minimum atomic E-state index is 0.475. The second-order valence-corrected chi connectivity index (χ2v) is 4.53. The van der Waals surface area contributed by atoms with Crippen LogP contribution >= 0.6 is 0 Å². The largest absolute Gasteiger partial charge is 0.396 e. The molecule has 0 aliphatic rings. The van der Waals surface area contributed by atoms with Crippen LogP contribution in [0.25, 0.3) is 10.8 Å². The van der Waals surface area contributed by atoms with Crippen molar-refractivity contribution in [3.05, 3.63) is 66.2 Å². The molecular weight excluding hydrogens is 246 g/mol. The van der Waals surface area contributed by atoms with Crippen LogP contribution in [0, 0.1) is 11.3 Å². The van der Waals surface area contributed by atoms with E-state index >= 15 is 0 Å². The first-order valence-corrected chi connectivity index (χ1v) is 6.33. The molecule has 0 aliphatic carbocycles. The van der Waals surface area contributed by atoms with Gasteiger partial charge >= 0.3 is 0 Å². The third kappa shape index (κ3) is 2.04. The Kier molecular flexibility index (Phi) is 2.98. The van der Waals surface area contributed by atoms with Gasteiger partial charge in [-0.2, -0.15) is 5.26 Å². The van der Waals surface area contributed by atoms with Crippen LogP contribution in [-0.4, -0.2) is 0 Å². The van der Waals surface area contributed by atoms with Crippen molar-refractivity contribution in [2.24, 2.45) is 0 Å².